The summed E-state index contributed by atoms with van der Waals surface area (Å²) in [4.78, 5) is 0. The molecular formula is C19H12Cl4O5S. The average Bonchev–Trinajstić information content (AvgIpc) is 2.63. The van der Waals surface area contributed by atoms with Crippen LogP contribution in [0.2, 0.25) is 20.1 Å². The summed E-state index contributed by atoms with van der Waals surface area (Å²) in [5.74, 6) is -1.10. The first-order valence-corrected chi connectivity index (χ1v) is 10.9. The van der Waals surface area contributed by atoms with Gasteiger partial charge >= 0.3 is 0 Å². The molecule has 0 spiro atoms. The second kappa shape index (κ2) is 7.87. The van der Waals surface area contributed by atoms with Crippen LogP contribution in [0.5, 0.6) is 11.5 Å². The maximum Gasteiger partial charge on any atom is 0.283 e. The second-order valence-electron chi connectivity index (χ2n) is 6.03. The van der Waals surface area contributed by atoms with Gasteiger partial charge in [0.15, 0.2) is 4.75 Å². The first kappa shape index (κ1) is 22.0. The largest absolute Gasteiger partial charge is 0.508 e. The van der Waals surface area contributed by atoms with Gasteiger partial charge in [0.2, 0.25) is 0 Å². The molecule has 29 heavy (non-hydrogen) atoms. The van der Waals surface area contributed by atoms with Gasteiger partial charge < -0.3 is 10.2 Å². The SMILES string of the molecule is O=S(=O)(O)C(c1ccccc1O)(c1c(O)cccc1Cl)c1c(Cl)ccc(Cl)c1Cl. The van der Waals surface area contributed by atoms with E-state index in [0.717, 1.165) is 0 Å². The summed E-state index contributed by atoms with van der Waals surface area (Å²) in [5, 5.41) is 20.3. The van der Waals surface area contributed by atoms with Crippen molar-refractivity contribution >= 4 is 56.5 Å². The number of phenolic OH excluding ortho intramolecular Hbond substituents is 2. The van der Waals surface area contributed by atoms with E-state index >= 15 is 0 Å². The normalized spacial score (nSPS) is 13.8. The van der Waals surface area contributed by atoms with E-state index in [-0.39, 0.29) is 31.2 Å². The van der Waals surface area contributed by atoms with Crippen LogP contribution in [0.3, 0.4) is 0 Å². The van der Waals surface area contributed by atoms with Crippen LogP contribution in [0.4, 0.5) is 0 Å². The minimum Gasteiger partial charge on any atom is -0.508 e. The van der Waals surface area contributed by atoms with E-state index in [1.165, 1.54) is 54.6 Å². The smallest absolute Gasteiger partial charge is 0.283 e. The third-order valence-corrected chi connectivity index (χ3v) is 7.25. The Morgan fingerprint density at radius 2 is 1.24 bits per heavy atom. The van der Waals surface area contributed by atoms with Gasteiger partial charge in [-0.2, -0.15) is 8.42 Å². The molecule has 10 heteroatoms. The van der Waals surface area contributed by atoms with Gasteiger partial charge in [-0.15, -0.1) is 0 Å². The van der Waals surface area contributed by atoms with E-state index in [4.69, 9.17) is 46.4 Å². The van der Waals surface area contributed by atoms with Gasteiger partial charge in [0.25, 0.3) is 10.1 Å². The van der Waals surface area contributed by atoms with Crippen LogP contribution in [0.15, 0.2) is 54.6 Å². The minimum atomic E-state index is -5.25. The fourth-order valence-electron chi connectivity index (χ4n) is 3.27. The lowest BCUT2D eigenvalue weighted by molar-refractivity contribution is 0.428. The Bertz CT molecular complexity index is 1190. The summed E-state index contributed by atoms with van der Waals surface area (Å²) in [6, 6.07) is 11.8. The lowest BCUT2D eigenvalue weighted by atomic mass is 9.82. The van der Waals surface area contributed by atoms with Crippen molar-refractivity contribution in [2.75, 3.05) is 0 Å². The number of aromatic hydroxyl groups is 2. The van der Waals surface area contributed by atoms with Gasteiger partial charge in [0.05, 0.1) is 10.0 Å². The van der Waals surface area contributed by atoms with Crippen molar-refractivity contribution in [2.24, 2.45) is 0 Å². The number of halogens is 4. The second-order valence-corrected chi connectivity index (χ2v) is 9.19. The quantitative estimate of drug-likeness (QED) is 0.239. The topological polar surface area (TPSA) is 94.8 Å². The third-order valence-electron chi connectivity index (χ3n) is 4.41. The Morgan fingerprint density at radius 3 is 1.83 bits per heavy atom. The molecule has 3 aromatic carbocycles. The zero-order valence-corrected chi connectivity index (χ0v) is 18.1. The minimum absolute atomic E-state index is 0.0685. The number of para-hydroxylation sites is 1. The summed E-state index contributed by atoms with van der Waals surface area (Å²) >= 11 is 25.1. The maximum absolute atomic E-state index is 13.0. The summed E-state index contributed by atoms with van der Waals surface area (Å²) in [6.07, 6.45) is 0. The fourth-order valence-corrected chi connectivity index (χ4v) is 5.96. The zero-order chi connectivity index (χ0) is 21.6. The maximum atomic E-state index is 13.0. The number of benzene rings is 3. The van der Waals surface area contributed by atoms with Crippen LogP contribution in [-0.4, -0.2) is 23.2 Å². The monoisotopic (exact) mass is 492 g/mol. The van der Waals surface area contributed by atoms with Crippen LogP contribution in [0.25, 0.3) is 0 Å². The lowest BCUT2D eigenvalue weighted by Gasteiger charge is -2.35. The van der Waals surface area contributed by atoms with E-state index < -0.39 is 31.9 Å². The summed E-state index contributed by atoms with van der Waals surface area (Å²) in [7, 11) is -5.25. The van der Waals surface area contributed by atoms with Crippen molar-refractivity contribution in [1.82, 2.24) is 0 Å². The van der Waals surface area contributed by atoms with Crippen LogP contribution < -0.4 is 0 Å². The third kappa shape index (κ3) is 3.44. The summed E-state index contributed by atoms with van der Waals surface area (Å²) in [5.41, 5.74) is -1.16. The average molecular weight is 494 g/mol. The molecule has 3 aromatic rings. The molecule has 152 valence electrons. The molecule has 0 aliphatic rings. The highest BCUT2D eigenvalue weighted by atomic mass is 35.5. The lowest BCUT2D eigenvalue weighted by Crippen LogP contribution is -2.39. The molecular weight excluding hydrogens is 482 g/mol. The van der Waals surface area contributed by atoms with Crippen molar-refractivity contribution in [3.63, 3.8) is 0 Å². The number of rotatable bonds is 4. The molecule has 0 aliphatic heterocycles. The van der Waals surface area contributed by atoms with Crippen LogP contribution in [0, 0.1) is 0 Å². The number of hydrogen-bond donors (Lipinski definition) is 3. The first-order chi connectivity index (χ1) is 13.5. The number of hydrogen-bond acceptors (Lipinski definition) is 4. The molecule has 0 aromatic heterocycles. The van der Waals surface area contributed by atoms with Crippen molar-refractivity contribution in [3.8, 4) is 11.5 Å². The summed E-state index contributed by atoms with van der Waals surface area (Å²) in [6.45, 7) is 0. The van der Waals surface area contributed by atoms with Gasteiger partial charge in [0, 0.05) is 26.7 Å². The van der Waals surface area contributed by atoms with E-state index in [2.05, 4.69) is 0 Å². The molecule has 1 unspecified atom stereocenters. The van der Waals surface area contributed by atoms with Gasteiger partial charge in [-0.05, 0) is 30.3 Å². The highest BCUT2D eigenvalue weighted by molar-refractivity contribution is 7.87. The van der Waals surface area contributed by atoms with Crippen molar-refractivity contribution in [1.29, 1.82) is 0 Å². The molecule has 0 amide bonds. The van der Waals surface area contributed by atoms with E-state index in [1.807, 2.05) is 0 Å². The fraction of sp³-hybridized carbons (Fsp3) is 0.0526. The standard InChI is InChI=1S/C19H12Cl4O5S/c20-11-5-3-7-15(25)16(11)19(29(26,27)28,10-4-1-2-6-14(10)24)17-12(21)8-9-13(22)18(17)23/h1-9,24-25H,(H,26,27,28). The van der Waals surface area contributed by atoms with Crippen molar-refractivity contribution in [2.45, 2.75) is 4.75 Å². The molecule has 0 heterocycles. The summed E-state index contributed by atoms with van der Waals surface area (Å²) < 4.78 is 33.9. The zero-order valence-electron chi connectivity index (χ0n) is 14.3. The molecule has 3 rings (SSSR count). The van der Waals surface area contributed by atoms with Crippen molar-refractivity contribution in [3.05, 3.63) is 91.4 Å². The molecule has 0 saturated heterocycles. The Labute approximate surface area is 186 Å². The van der Waals surface area contributed by atoms with Crippen LogP contribution in [-0.2, 0) is 14.9 Å². The number of phenols is 2. The predicted octanol–water partition coefficient (Wildman–Crippen LogP) is 5.89. The highest BCUT2D eigenvalue weighted by Gasteiger charge is 2.55. The van der Waals surface area contributed by atoms with Gasteiger partial charge in [0.1, 0.15) is 11.5 Å². The molecule has 5 nitrogen and oxygen atoms in total. The molecule has 0 fully saturated rings. The Balaban J connectivity index is 2.73. The molecule has 0 saturated carbocycles. The molecule has 0 aliphatic carbocycles. The Hall–Kier alpha value is -1.67. The molecule has 1 atom stereocenters. The van der Waals surface area contributed by atoms with E-state index in [9.17, 15) is 23.2 Å². The van der Waals surface area contributed by atoms with Crippen LogP contribution in [0.1, 0.15) is 16.7 Å². The van der Waals surface area contributed by atoms with Crippen LogP contribution >= 0.6 is 46.4 Å². The molecule has 3 N–H and O–H groups in total. The first-order valence-electron chi connectivity index (χ1n) is 7.91. The van der Waals surface area contributed by atoms with Gasteiger partial charge in [-0.3, -0.25) is 4.55 Å². The predicted molar refractivity (Wildman–Crippen MR) is 114 cm³/mol. The molecule has 0 bridgehead atoms. The van der Waals surface area contributed by atoms with Gasteiger partial charge in [-0.1, -0.05) is 70.7 Å². The Kier molecular flexibility index (Phi) is 5.98. The van der Waals surface area contributed by atoms with E-state index in [0.29, 0.717) is 0 Å². The van der Waals surface area contributed by atoms with E-state index in [1.54, 1.807) is 0 Å². The van der Waals surface area contributed by atoms with Gasteiger partial charge in [-0.25, -0.2) is 0 Å². The Morgan fingerprint density at radius 1 is 0.690 bits per heavy atom. The highest BCUT2D eigenvalue weighted by Crippen LogP contribution is 2.55. The van der Waals surface area contributed by atoms with Crippen molar-refractivity contribution < 1.29 is 23.2 Å². The molecule has 0 radical (unpaired) electrons.